The highest BCUT2D eigenvalue weighted by molar-refractivity contribution is 6.30. The van der Waals surface area contributed by atoms with Crippen molar-refractivity contribution in [3.05, 3.63) is 22.7 Å². The number of nitrogens with zero attached hydrogens (tertiary/aromatic N) is 2. The first kappa shape index (κ1) is 13.7. The molecule has 0 spiro atoms. The highest BCUT2D eigenvalue weighted by Gasteiger charge is 2.34. The van der Waals surface area contributed by atoms with Crippen molar-refractivity contribution in [2.45, 2.75) is 25.6 Å². The second kappa shape index (κ2) is 4.51. The van der Waals surface area contributed by atoms with Crippen molar-refractivity contribution in [1.29, 1.82) is 0 Å². The minimum Gasteiger partial charge on any atom is -0.378 e. The average molecular weight is 265 g/mol. The van der Waals surface area contributed by atoms with Crippen molar-refractivity contribution < 1.29 is 18.3 Å². The summed E-state index contributed by atoms with van der Waals surface area (Å²) in [6.45, 7) is 2.84. The molecular weight excluding hydrogens is 257 g/mol. The summed E-state index contributed by atoms with van der Waals surface area (Å²) in [4.78, 5) is 6.80. The van der Waals surface area contributed by atoms with E-state index in [2.05, 4.69) is 21.8 Å². The number of hydrogen-bond acceptors (Lipinski definition) is 3. The van der Waals surface area contributed by atoms with Crippen LogP contribution in [-0.4, -0.2) is 20.7 Å². The van der Waals surface area contributed by atoms with Gasteiger partial charge in [0, 0.05) is 6.20 Å². The van der Waals surface area contributed by atoms with Gasteiger partial charge in [0.1, 0.15) is 16.3 Å². The van der Waals surface area contributed by atoms with Crippen LogP contribution in [0.15, 0.2) is 6.20 Å². The van der Waals surface area contributed by atoms with E-state index in [1.54, 1.807) is 0 Å². The third-order valence-electron chi connectivity index (χ3n) is 1.53. The van der Waals surface area contributed by atoms with Crippen LogP contribution in [-0.2, 0) is 6.18 Å². The fraction of sp³-hybridized carbons (Fsp3) is 0.400. The normalized spacial score (nSPS) is 11.9. The summed E-state index contributed by atoms with van der Waals surface area (Å²) < 4.78 is 36.9. The number of alkyl halides is 3. The molecule has 17 heavy (non-hydrogen) atoms. The van der Waals surface area contributed by atoms with Gasteiger partial charge < -0.3 is 5.11 Å². The van der Waals surface area contributed by atoms with E-state index in [-0.39, 0.29) is 5.82 Å². The van der Waals surface area contributed by atoms with Gasteiger partial charge >= 0.3 is 6.18 Å². The van der Waals surface area contributed by atoms with Crippen molar-refractivity contribution in [1.82, 2.24) is 9.97 Å². The lowest BCUT2D eigenvalue weighted by Crippen LogP contribution is -2.15. The molecule has 0 saturated carbocycles. The Morgan fingerprint density at radius 1 is 1.35 bits per heavy atom. The molecule has 0 saturated heterocycles. The van der Waals surface area contributed by atoms with E-state index in [1.807, 2.05) is 0 Å². The van der Waals surface area contributed by atoms with E-state index in [1.165, 1.54) is 13.8 Å². The third kappa shape index (κ3) is 4.21. The van der Waals surface area contributed by atoms with E-state index in [0.29, 0.717) is 6.20 Å². The Hall–Kier alpha value is -1.32. The van der Waals surface area contributed by atoms with E-state index in [9.17, 15) is 18.3 Å². The summed E-state index contributed by atoms with van der Waals surface area (Å²) in [5, 5.41) is 8.57. The summed E-state index contributed by atoms with van der Waals surface area (Å²) in [6.07, 6.45) is -4.04. The number of aromatic nitrogens is 2. The molecule has 0 unspecified atom stereocenters. The molecule has 0 fully saturated rings. The molecule has 1 heterocycles. The second-order valence-electron chi connectivity index (χ2n) is 3.70. The number of aliphatic hydroxyl groups is 1. The van der Waals surface area contributed by atoms with Crippen molar-refractivity contribution >= 4 is 11.6 Å². The lowest BCUT2D eigenvalue weighted by molar-refractivity contribution is -0.138. The molecule has 0 aromatic carbocycles. The highest BCUT2D eigenvalue weighted by atomic mass is 35.5. The first-order valence-electron chi connectivity index (χ1n) is 4.45. The molecule has 1 aromatic heterocycles. The quantitative estimate of drug-likeness (QED) is 0.578. The molecule has 1 aromatic rings. The Balaban J connectivity index is 3.09. The SMILES string of the molecule is CC(C)(O)C#Cc1ncc(C(F)(F)F)c(Cl)n1. The van der Waals surface area contributed by atoms with Crippen molar-refractivity contribution in [3.8, 4) is 11.8 Å². The van der Waals surface area contributed by atoms with Gasteiger partial charge in [-0.3, -0.25) is 0 Å². The minimum absolute atomic E-state index is 0.176. The van der Waals surface area contributed by atoms with Gasteiger partial charge in [0.2, 0.25) is 5.82 Å². The highest BCUT2D eigenvalue weighted by Crippen LogP contribution is 2.32. The largest absolute Gasteiger partial charge is 0.420 e. The summed E-state index contributed by atoms with van der Waals surface area (Å²) in [6, 6.07) is 0. The average Bonchev–Trinajstić information content (AvgIpc) is 2.11. The van der Waals surface area contributed by atoms with Crippen molar-refractivity contribution in [2.24, 2.45) is 0 Å². The number of halogens is 4. The number of hydrogen-bond donors (Lipinski definition) is 1. The van der Waals surface area contributed by atoms with Crippen LogP contribution in [0.1, 0.15) is 25.2 Å². The molecule has 0 radical (unpaired) electrons. The topological polar surface area (TPSA) is 46.0 Å². The smallest absolute Gasteiger partial charge is 0.378 e. The van der Waals surface area contributed by atoms with Gasteiger partial charge in [-0.1, -0.05) is 17.5 Å². The predicted octanol–water partition coefficient (Wildman–Crippen LogP) is 2.27. The van der Waals surface area contributed by atoms with Gasteiger partial charge in [0.15, 0.2) is 0 Å². The van der Waals surface area contributed by atoms with E-state index < -0.39 is 22.5 Å². The zero-order valence-corrected chi connectivity index (χ0v) is 9.69. The van der Waals surface area contributed by atoms with E-state index in [4.69, 9.17) is 11.6 Å². The Bertz CT molecular complexity index is 483. The van der Waals surface area contributed by atoms with Crippen LogP contribution in [0.4, 0.5) is 13.2 Å². The van der Waals surface area contributed by atoms with Crippen molar-refractivity contribution in [3.63, 3.8) is 0 Å². The molecule has 92 valence electrons. The third-order valence-corrected chi connectivity index (χ3v) is 1.82. The van der Waals surface area contributed by atoms with Crippen LogP contribution in [0.2, 0.25) is 5.15 Å². The van der Waals surface area contributed by atoms with Crippen LogP contribution in [0.5, 0.6) is 0 Å². The van der Waals surface area contributed by atoms with Gasteiger partial charge in [-0.05, 0) is 19.8 Å². The molecule has 1 N–H and O–H groups in total. The van der Waals surface area contributed by atoms with Crippen LogP contribution in [0.25, 0.3) is 0 Å². The molecule has 7 heteroatoms. The summed E-state index contributed by atoms with van der Waals surface area (Å²) in [7, 11) is 0. The van der Waals surface area contributed by atoms with Gasteiger partial charge in [-0.25, -0.2) is 9.97 Å². The van der Waals surface area contributed by atoms with E-state index in [0.717, 1.165) is 0 Å². The van der Waals surface area contributed by atoms with Gasteiger partial charge in [-0.2, -0.15) is 13.2 Å². The first-order chi connectivity index (χ1) is 7.59. The molecule has 0 bridgehead atoms. The molecule has 1 rings (SSSR count). The Morgan fingerprint density at radius 3 is 2.35 bits per heavy atom. The lowest BCUT2D eigenvalue weighted by Gasteiger charge is -2.07. The molecule has 0 atom stereocenters. The predicted molar refractivity (Wildman–Crippen MR) is 55.2 cm³/mol. The maximum atomic E-state index is 12.3. The molecule has 0 aliphatic rings. The summed E-state index contributed by atoms with van der Waals surface area (Å²) in [5.41, 5.74) is -2.40. The molecule has 0 aliphatic heterocycles. The first-order valence-corrected chi connectivity index (χ1v) is 4.83. The summed E-state index contributed by atoms with van der Waals surface area (Å²) >= 11 is 5.36. The second-order valence-corrected chi connectivity index (χ2v) is 4.06. The van der Waals surface area contributed by atoms with Crippen LogP contribution in [0.3, 0.4) is 0 Å². The standard InChI is InChI=1S/C10H8ClF3N2O/c1-9(2,17)4-3-7-15-5-6(8(11)16-7)10(12,13)14/h5,17H,1-2H3. The lowest BCUT2D eigenvalue weighted by atomic mass is 10.1. The Labute approximate surface area is 101 Å². The Kier molecular flexibility index (Phi) is 3.65. The maximum Gasteiger partial charge on any atom is 0.420 e. The zero-order chi connectivity index (χ0) is 13.3. The summed E-state index contributed by atoms with van der Waals surface area (Å²) in [5.74, 6) is 4.52. The zero-order valence-electron chi connectivity index (χ0n) is 8.93. The minimum atomic E-state index is -4.60. The van der Waals surface area contributed by atoms with Crippen LogP contribution >= 0.6 is 11.6 Å². The number of rotatable bonds is 0. The monoisotopic (exact) mass is 264 g/mol. The van der Waals surface area contributed by atoms with Crippen LogP contribution in [0, 0.1) is 11.8 Å². The molecule has 0 aliphatic carbocycles. The van der Waals surface area contributed by atoms with Crippen LogP contribution < -0.4 is 0 Å². The fourth-order valence-corrected chi connectivity index (χ4v) is 1.06. The van der Waals surface area contributed by atoms with Gasteiger partial charge in [-0.15, -0.1) is 0 Å². The van der Waals surface area contributed by atoms with Crippen molar-refractivity contribution in [2.75, 3.05) is 0 Å². The van der Waals surface area contributed by atoms with Gasteiger partial charge in [0.25, 0.3) is 0 Å². The van der Waals surface area contributed by atoms with E-state index >= 15 is 0 Å². The molecule has 3 nitrogen and oxygen atoms in total. The molecular formula is C10H8ClF3N2O. The molecule has 0 amide bonds. The van der Waals surface area contributed by atoms with Gasteiger partial charge in [0.05, 0.1) is 0 Å². The Morgan fingerprint density at radius 2 is 1.94 bits per heavy atom. The fourth-order valence-electron chi connectivity index (χ4n) is 0.820. The maximum absolute atomic E-state index is 12.3.